The Hall–Kier alpha value is -8.25. The fourth-order valence-electron chi connectivity index (χ4n) is 9.33. The van der Waals surface area contributed by atoms with Gasteiger partial charge in [0.15, 0.2) is 5.82 Å². The van der Waals surface area contributed by atoms with Gasteiger partial charge in [-0.05, 0) is 83.7 Å². The third-order valence-electron chi connectivity index (χ3n) is 11.8. The number of rotatable bonds is 3. The Bertz CT molecular complexity index is 3610. The molecular formula is C47H26BN9O2. The average Bonchev–Trinajstić information content (AvgIpc) is 4.02. The average molecular weight is 760 g/mol. The van der Waals surface area contributed by atoms with E-state index in [0.29, 0.717) is 40.6 Å². The van der Waals surface area contributed by atoms with Crippen LogP contribution in [0, 0.1) is 0 Å². The fourth-order valence-corrected chi connectivity index (χ4v) is 9.33. The molecule has 2 aliphatic rings. The number of aromatic nitrogens is 9. The second-order valence-corrected chi connectivity index (χ2v) is 14.9. The maximum Gasteiger partial charge on any atom is 0.260 e. The molecule has 5 aromatic heterocycles. The van der Waals surface area contributed by atoms with Crippen LogP contribution in [0.2, 0.25) is 0 Å². The van der Waals surface area contributed by atoms with E-state index in [9.17, 15) is 0 Å². The predicted molar refractivity (Wildman–Crippen MR) is 229 cm³/mol. The summed E-state index contributed by atoms with van der Waals surface area (Å²) in [6.07, 6.45) is 0. The molecule has 0 saturated heterocycles. The van der Waals surface area contributed by atoms with Crippen LogP contribution < -0.4 is 25.9 Å². The maximum absolute atomic E-state index is 6.92. The minimum Gasteiger partial charge on any atom is -0.458 e. The zero-order valence-corrected chi connectivity index (χ0v) is 30.9. The van der Waals surface area contributed by atoms with Crippen LogP contribution in [0.25, 0.3) is 79.0 Å². The molecule has 7 aromatic carbocycles. The highest BCUT2D eigenvalue weighted by Gasteiger charge is 2.41. The Balaban J connectivity index is 1.10. The minimum atomic E-state index is -0.119. The lowest BCUT2D eigenvalue weighted by molar-refractivity contribution is 0.465. The molecule has 0 spiro atoms. The lowest BCUT2D eigenvalue weighted by Gasteiger charge is -2.33. The summed E-state index contributed by atoms with van der Waals surface area (Å²) in [7, 11) is 0. The molecule has 0 saturated carbocycles. The summed E-state index contributed by atoms with van der Waals surface area (Å²) in [6.45, 7) is -0.119. The number of hydrogen-bond acceptors (Lipinski definition) is 7. The number of fused-ring (bicyclic) bond motifs is 14. The summed E-state index contributed by atoms with van der Waals surface area (Å²) in [4.78, 5) is 26.4. The van der Waals surface area contributed by atoms with Gasteiger partial charge in [0.05, 0.1) is 49.7 Å². The topological polar surface area (TPSA) is 102 Å². The van der Waals surface area contributed by atoms with E-state index in [1.807, 2.05) is 106 Å². The van der Waals surface area contributed by atoms with Gasteiger partial charge in [-0.2, -0.15) is 15.0 Å². The summed E-state index contributed by atoms with van der Waals surface area (Å²) < 4.78 is 21.9. The van der Waals surface area contributed by atoms with Crippen molar-refractivity contribution in [2.24, 2.45) is 0 Å². The number of nitrogens with zero attached hydrogens (tertiary/aromatic N) is 9. The SMILES string of the molecule is c1ccc2c(c1)Oc1ccc(-c3nc(-n4c5ccccc5n5c6ccccc6nc45)nc(-n4c5ccccc5n5c6ccccc6nc45)n3)c3c1B2c1ccccc1O3. The highest BCUT2D eigenvalue weighted by molar-refractivity contribution is 6.98. The third kappa shape index (κ3) is 4.08. The summed E-state index contributed by atoms with van der Waals surface area (Å²) in [5.41, 5.74) is 11.3. The molecule has 0 radical (unpaired) electrons. The van der Waals surface area contributed by atoms with E-state index in [2.05, 4.69) is 69.5 Å². The van der Waals surface area contributed by atoms with E-state index in [1.165, 1.54) is 0 Å². The van der Waals surface area contributed by atoms with Crippen molar-refractivity contribution in [3.05, 3.63) is 158 Å². The van der Waals surface area contributed by atoms with Crippen molar-refractivity contribution in [1.82, 2.24) is 42.9 Å². The number of hydrogen-bond donors (Lipinski definition) is 0. The van der Waals surface area contributed by atoms with Crippen molar-refractivity contribution in [3.63, 3.8) is 0 Å². The number of benzene rings is 7. The maximum atomic E-state index is 6.92. The summed E-state index contributed by atoms with van der Waals surface area (Å²) in [5.74, 6) is 5.59. The van der Waals surface area contributed by atoms with Gasteiger partial charge < -0.3 is 9.47 Å². The van der Waals surface area contributed by atoms with Gasteiger partial charge in [-0.25, -0.2) is 19.1 Å². The van der Waals surface area contributed by atoms with Crippen LogP contribution >= 0.6 is 0 Å². The Morgan fingerprint density at radius 1 is 0.390 bits per heavy atom. The van der Waals surface area contributed by atoms with E-state index < -0.39 is 0 Å². The summed E-state index contributed by atoms with van der Waals surface area (Å²) >= 11 is 0. The first-order chi connectivity index (χ1) is 29.3. The Kier molecular flexibility index (Phi) is 5.87. The van der Waals surface area contributed by atoms with Gasteiger partial charge in [-0.15, -0.1) is 0 Å². The largest absolute Gasteiger partial charge is 0.458 e. The van der Waals surface area contributed by atoms with Crippen LogP contribution in [0.1, 0.15) is 0 Å². The molecule has 0 atom stereocenters. The smallest absolute Gasteiger partial charge is 0.260 e. The van der Waals surface area contributed by atoms with Crippen LogP contribution in [-0.2, 0) is 0 Å². The van der Waals surface area contributed by atoms with Gasteiger partial charge >= 0.3 is 0 Å². The standard InChI is InChI=1S/C47H26BN9O2/c1-11-23-38-28(13-1)48-29-14-2-12-24-39(29)59-42-27(25-26-40(58-38)41(42)48)43-51-44(56-36-21-9-7-19-34(36)54-32-17-5-3-15-30(32)49-46(54)56)53-45(52-43)57-37-22-10-8-20-35(37)55-33-18-6-4-16-31(33)50-47(55)57/h1-26H. The second-order valence-electron chi connectivity index (χ2n) is 14.9. The second kappa shape index (κ2) is 11.2. The van der Waals surface area contributed by atoms with Crippen LogP contribution in [0.4, 0.5) is 0 Å². The highest BCUT2D eigenvalue weighted by atomic mass is 16.5. The van der Waals surface area contributed by atoms with Gasteiger partial charge in [0, 0.05) is 5.46 Å². The van der Waals surface area contributed by atoms with Gasteiger partial charge in [0.25, 0.3) is 6.71 Å². The predicted octanol–water partition coefficient (Wildman–Crippen LogP) is 7.76. The van der Waals surface area contributed by atoms with Crippen LogP contribution in [-0.4, -0.2) is 49.6 Å². The molecule has 59 heavy (non-hydrogen) atoms. The Morgan fingerprint density at radius 2 is 0.864 bits per heavy atom. The number of para-hydroxylation sites is 10. The van der Waals surface area contributed by atoms with Crippen molar-refractivity contribution in [2.45, 2.75) is 0 Å². The summed E-state index contributed by atoms with van der Waals surface area (Å²) in [6, 6.07) is 53.3. The van der Waals surface area contributed by atoms with Gasteiger partial charge in [-0.1, -0.05) is 84.9 Å². The van der Waals surface area contributed by atoms with E-state index in [4.69, 9.17) is 34.4 Å². The first kappa shape index (κ1) is 30.9. The van der Waals surface area contributed by atoms with Crippen molar-refractivity contribution in [1.29, 1.82) is 0 Å². The molecule has 0 fully saturated rings. The molecule has 0 N–H and O–H groups in total. The quantitative estimate of drug-likeness (QED) is 0.170. The first-order valence-electron chi connectivity index (χ1n) is 19.5. The highest BCUT2D eigenvalue weighted by Crippen LogP contribution is 2.41. The lowest BCUT2D eigenvalue weighted by Crippen LogP contribution is -2.57. The van der Waals surface area contributed by atoms with Crippen LogP contribution in [0.3, 0.4) is 0 Å². The van der Waals surface area contributed by atoms with Gasteiger partial charge in [0.2, 0.25) is 23.5 Å². The van der Waals surface area contributed by atoms with Crippen LogP contribution in [0.5, 0.6) is 23.0 Å². The molecule has 274 valence electrons. The number of imidazole rings is 4. The van der Waals surface area contributed by atoms with E-state index in [1.54, 1.807) is 0 Å². The fraction of sp³-hybridized carbons (Fsp3) is 0. The molecule has 0 unspecified atom stereocenters. The molecular weight excluding hydrogens is 733 g/mol. The molecule has 12 heteroatoms. The molecule has 11 nitrogen and oxygen atoms in total. The van der Waals surface area contributed by atoms with Gasteiger partial charge in [-0.3, -0.25) is 8.80 Å². The molecule has 12 aromatic rings. The van der Waals surface area contributed by atoms with Crippen molar-refractivity contribution in [2.75, 3.05) is 0 Å². The summed E-state index contributed by atoms with van der Waals surface area (Å²) in [5, 5.41) is 0. The Morgan fingerprint density at radius 3 is 1.44 bits per heavy atom. The first-order valence-corrected chi connectivity index (χ1v) is 19.5. The lowest BCUT2D eigenvalue weighted by atomic mass is 9.34. The molecule has 0 aliphatic carbocycles. The van der Waals surface area contributed by atoms with E-state index >= 15 is 0 Å². The zero-order valence-electron chi connectivity index (χ0n) is 30.9. The molecule has 7 heterocycles. The van der Waals surface area contributed by atoms with Crippen molar-refractivity contribution >= 4 is 78.8 Å². The van der Waals surface area contributed by atoms with E-state index in [-0.39, 0.29) is 6.71 Å². The molecule has 2 aliphatic heterocycles. The molecule has 0 bridgehead atoms. The van der Waals surface area contributed by atoms with Gasteiger partial charge in [0.1, 0.15) is 23.0 Å². The van der Waals surface area contributed by atoms with E-state index in [0.717, 1.165) is 77.8 Å². The zero-order chi connectivity index (χ0) is 38.3. The molecule has 0 amide bonds. The molecule has 14 rings (SSSR count). The van der Waals surface area contributed by atoms with Crippen molar-refractivity contribution < 1.29 is 9.47 Å². The monoisotopic (exact) mass is 759 g/mol. The number of ether oxygens (including phenoxy) is 2. The third-order valence-corrected chi connectivity index (χ3v) is 11.8. The normalized spacial score (nSPS) is 13.0. The van der Waals surface area contributed by atoms with Crippen LogP contribution in [0.15, 0.2) is 158 Å². The van der Waals surface area contributed by atoms with Crippen molar-refractivity contribution in [3.8, 4) is 46.3 Å². The Labute approximate surface area is 334 Å². The minimum absolute atomic E-state index is 0.119.